The Morgan fingerprint density at radius 3 is 2.33 bits per heavy atom. The van der Waals surface area contributed by atoms with Gasteiger partial charge in [-0.2, -0.15) is 0 Å². The van der Waals surface area contributed by atoms with E-state index >= 15 is 0 Å². The molecule has 0 rings (SSSR count). The highest BCUT2D eigenvalue weighted by Crippen LogP contribution is 1.70. The van der Waals surface area contributed by atoms with Crippen molar-refractivity contribution in [3.63, 3.8) is 0 Å². The molecule has 0 heterocycles. The summed E-state index contributed by atoms with van der Waals surface area (Å²) in [5.74, 6) is 0. The Bertz CT molecular complexity index is 72.0. The van der Waals surface area contributed by atoms with Gasteiger partial charge in [0.25, 0.3) is 0 Å². The van der Waals surface area contributed by atoms with Crippen LogP contribution < -0.4 is 0 Å². The summed E-state index contributed by atoms with van der Waals surface area (Å²) < 4.78 is 0. The molecule has 6 heavy (non-hydrogen) atoms. The second-order valence-electron chi connectivity index (χ2n) is 1.07. The van der Waals surface area contributed by atoms with Gasteiger partial charge in [0.2, 0.25) is 0 Å². The highest BCUT2D eigenvalue weighted by molar-refractivity contribution is 5.91. The minimum absolute atomic E-state index is 0.981. The van der Waals surface area contributed by atoms with Crippen molar-refractivity contribution in [2.45, 2.75) is 6.92 Å². The molecule has 0 saturated carbocycles. The lowest BCUT2D eigenvalue weighted by atomic mass is 10.4. The Kier molecular flexibility index (Phi) is 2.38. The minimum Gasteiger partial charge on any atom is -0.293 e. The number of nitrogens with zero attached hydrogens (tertiary/aromatic N) is 1. The van der Waals surface area contributed by atoms with Gasteiger partial charge >= 0.3 is 0 Å². The van der Waals surface area contributed by atoms with Crippen molar-refractivity contribution in [2.24, 2.45) is 4.99 Å². The highest BCUT2D eigenvalue weighted by atomic mass is 14.7. The Balaban J connectivity index is 3.50. The lowest BCUT2D eigenvalue weighted by molar-refractivity contribution is 1.43. The summed E-state index contributed by atoms with van der Waals surface area (Å²) in [5.41, 5.74) is 0.981. The highest BCUT2D eigenvalue weighted by Gasteiger charge is 1.68. The molecule has 0 amide bonds. The third-order valence-corrected chi connectivity index (χ3v) is 0.648. The molecule has 34 valence electrons. The van der Waals surface area contributed by atoms with Crippen molar-refractivity contribution in [3.8, 4) is 0 Å². The van der Waals surface area contributed by atoms with Crippen LogP contribution in [0.5, 0.6) is 0 Å². The largest absolute Gasteiger partial charge is 0.293 e. The zero-order valence-corrected chi connectivity index (χ0v) is 4.23. The monoisotopic (exact) mass is 83.1 g/mol. The van der Waals surface area contributed by atoms with Crippen LogP contribution in [-0.2, 0) is 0 Å². The predicted molar refractivity (Wildman–Crippen MR) is 29.2 cm³/mol. The third kappa shape index (κ3) is 1.70. The number of allylic oxidation sites excluding steroid dienone is 1. The van der Waals surface area contributed by atoms with Crippen molar-refractivity contribution in [2.75, 3.05) is 7.05 Å². The van der Waals surface area contributed by atoms with Crippen LogP contribution in [0.15, 0.2) is 17.6 Å². The Hall–Kier alpha value is -0.590. The zero-order chi connectivity index (χ0) is 4.99. The molecule has 0 aliphatic heterocycles. The van der Waals surface area contributed by atoms with Crippen LogP contribution in [0.1, 0.15) is 6.92 Å². The molecule has 0 saturated heterocycles. The molecule has 0 radical (unpaired) electrons. The molecule has 0 aliphatic rings. The predicted octanol–water partition coefficient (Wildman–Crippen LogP) is 1.26. The first-order chi connectivity index (χ1) is 2.81. The van der Waals surface area contributed by atoms with Crippen molar-refractivity contribution in [1.29, 1.82) is 0 Å². The van der Waals surface area contributed by atoms with Crippen molar-refractivity contribution < 1.29 is 0 Å². The van der Waals surface area contributed by atoms with Gasteiger partial charge in [-0.25, -0.2) is 0 Å². The number of rotatable bonds is 1. The molecular formula is C5H9N. The molecule has 1 heteroatoms. The first-order valence-electron chi connectivity index (χ1n) is 1.87. The molecule has 0 aromatic carbocycles. The summed E-state index contributed by atoms with van der Waals surface area (Å²) in [6.45, 7) is 5.41. The SMILES string of the molecule is C=C/C(C)=N\C. The van der Waals surface area contributed by atoms with E-state index < -0.39 is 0 Å². The topological polar surface area (TPSA) is 12.4 Å². The van der Waals surface area contributed by atoms with Crippen LogP contribution >= 0.6 is 0 Å². The lowest BCUT2D eigenvalue weighted by Crippen LogP contribution is -1.77. The Labute approximate surface area is 38.4 Å². The van der Waals surface area contributed by atoms with Gasteiger partial charge < -0.3 is 0 Å². The van der Waals surface area contributed by atoms with Crippen LogP contribution in [0.3, 0.4) is 0 Å². The Morgan fingerprint density at radius 1 is 1.83 bits per heavy atom. The van der Waals surface area contributed by atoms with Crippen LogP contribution in [0.2, 0.25) is 0 Å². The first kappa shape index (κ1) is 5.41. The maximum absolute atomic E-state index is 3.81. The third-order valence-electron chi connectivity index (χ3n) is 0.648. The van der Waals surface area contributed by atoms with Gasteiger partial charge in [0.15, 0.2) is 0 Å². The maximum Gasteiger partial charge on any atom is 0.0308 e. The quantitative estimate of drug-likeness (QED) is 0.423. The molecule has 0 fully saturated rings. The first-order valence-corrected chi connectivity index (χ1v) is 1.87. The fraction of sp³-hybridized carbons (Fsp3) is 0.400. The van der Waals surface area contributed by atoms with E-state index in [1.165, 1.54) is 0 Å². The second kappa shape index (κ2) is 2.64. The maximum atomic E-state index is 3.81. The van der Waals surface area contributed by atoms with Crippen molar-refractivity contribution >= 4 is 5.71 Å². The molecule has 0 unspecified atom stereocenters. The average molecular weight is 83.1 g/mol. The van der Waals surface area contributed by atoms with E-state index in [4.69, 9.17) is 0 Å². The van der Waals surface area contributed by atoms with Gasteiger partial charge in [-0.3, -0.25) is 4.99 Å². The molecule has 0 spiro atoms. The van der Waals surface area contributed by atoms with Gasteiger partial charge in [-0.15, -0.1) is 0 Å². The van der Waals surface area contributed by atoms with E-state index in [1.54, 1.807) is 13.1 Å². The normalized spacial score (nSPS) is 11.3. The van der Waals surface area contributed by atoms with Crippen LogP contribution in [0.25, 0.3) is 0 Å². The molecule has 0 N–H and O–H groups in total. The molecule has 0 aromatic rings. The van der Waals surface area contributed by atoms with Gasteiger partial charge in [0, 0.05) is 12.8 Å². The average Bonchev–Trinajstić information content (AvgIpc) is 1.65. The molecule has 1 nitrogen and oxygen atoms in total. The summed E-state index contributed by atoms with van der Waals surface area (Å²) in [5, 5.41) is 0. The minimum atomic E-state index is 0.981. The fourth-order valence-corrected chi connectivity index (χ4v) is 0.0913. The summed E-state index contributed by atoms with van der Waals surface area (Å²) in [6, 6.07) is 0. The van der Waals surface area contributed by atoms with E-state index in [-0.39, 0.29) is 0 Å². The number of hydrogen-bond acceptors (Lipinski definition) is 1. The molecular weight excluding hydrogens is 74.1 g/mol. The van der Waals surface area contributed by atoms with Gasteiger partial charge in [0.05, 0.1) is 0 Å². The van der Waals surface area contributed by atoms with E-state index in [0.29, 0.717) is 0 Å². The standard InChI is InChI=1S/C5H9N/c1-4-5(2)6-3/h4H,1H2,2-3H3/b6-5-. The fourth-order valence-electron chi connectivity index (χ4n) is 0.0913. The summed E-state index contributed by atoms with van der Waals surface area (Å²) in [6.07, 6.45) is 1.72. The summed E-state index contributed by atoms with van der Waals surface area (Å²) >= 11 is 0. The number of aliphatic imine (C=N–C) groups is 1. The van der Waals surface area contributed by atoms with Gasteiger partial charge in [-0.1, -0.05) is 6.58 Å². The molecule has 0 bridgehead atoms. The van der Waals surface area contributed by atoms with Crippen molar-refractivity contribution in [1.82, 2.24) is 0 Å². The van der Waals surface area contributed by atoms with E-state index in [9.17, 15) is 0 Å². The van der Waals surface area contributed by atoms with Crippen LogP contribution in [0, 0.1) is 0 Å². The van der Waals surface area contributed by atoms with E-state index in [2.05, 4.69) is 11.6 Å². The van der Waals surface area contributed by atoms with Crippen LogP contribution in [-0.4, -0.2) is 12.8 Å². The second-order valence-corrected chi connectivity index (χ2v) is 1.07. The van der Waals surface area contributed by atoms with E-state index in [1.807, 2.05) is 6.92 Å². The van der Waals surface area contributed by atoms with Crippen LogP contribution in [0.4, 0.5) is 0 Å². The lowest BCUT2D eigenvalue weighted by Gasteiger charge is -1.78. The van der Waals surface area contributed by atoms with Gasteiger partial charge in [0.1, 0.15) is 0 Å². The smallest absolute Gasteiger partial charge is 0.0308 e. The van der Waals surface area contributed by atoms with Gasteiger partial charge in [-0.05, 0) is 13.0 Å². The molecule has 0 aromatic heterocycles. The molecule has 0 atom stereocenters. The Morgan fingerprint density at radius 2 is 2.33 bits per heavy atom. The van der Waals surface area contributed by atoms with Crippen molar-refractivity contribution in [3.05, 3.63) is 12.7 Å². The van der Waals surface area contributed by atoms with E-state index in [0.717, 1.165) is 5.71 Å². The molecule has 0 aliphatic carbocycles. The summed E-state index contributed by atoms with van der Waals surface area (Å²) in [7, 11) is 1.75. The number of hydrogen-bond donors (Lipinski definition) is 0. The summed E-state index contributed by atoms with van der Waals surface area (Å²) in [4.78, 5) is 3.81. The zero-order valence-electron chi connectivity index (χ0n) is 4.23.